The number of halogens is 1. The number of hydrogen-bond acceptors (Lipinski definition) is 3. The fourth-order valence-electron chi connectivity index (χ4n) is 2.90. The number of rotatable bonds is 3. The highest BCUT2D eigenvalue weighted by molar-refractivity contribution is 7.21. The Hall–Kier alpha value is -1.26. The third kappa shape index (κ3) is 3.01. The Balaban J connectivity index is 1.89. The Kier molecular flexibility index (Phi) is 4.36. The van der Waals surface area contributed by atoms with Crippen molar-refractivity contribution in [1.29, 1.82) is 0 Å². The molecule has 1 fully saturated rings. The molecule has 112 valence electrons. The number of nitrogens with one attached hydrogen (secondary N) is 1. The zero-order chi connectivity index (χ0) is 14.8. The molecule has 2 aromatic rings. The molecule has 0 radical (unpaired) electrons. The minimum Gasteiger partial charge on any atom is -0.494 e. The summed E-state index contributed by atoms with van der Waals surface area (Å²) in [5.74, 6) is 0.599. The van der Waals surface area contributed by atoms with E-state index in [0.717, 1.165) is 22.9 Å². The van der Waals surface area contributed by atoms with E-state index < -0.39 is 0 Å². The predicted octanol–water partition coefficient (Wildman–Crippen LogP) is 4.63. The van der Waals surface area contributed by atoms with Gasteiger partial charge in [0.2, 0.25) is 0 Å². The second-order valence-electron chi connectivity index (χ2n) is 5.41. The van der Waals surface area contributed by atoms with E-state index in [4.69, 9.17) is 16.3 Å². The van der Waals surface area contributed by atoms with Crippen LogP contribution >= 0.6 is 22.9 Å². The van der Waals surface area contributed by atoms with Gasteiger partial charge in [-0.3, -0.25) is 4.79 Å². The average molecular weight is 324 g/mol. The molecule has 1 saturated carbocycles. The normalized spacial score (nSPS) is 16.1. The lowest BCUT2D eigenvalue weighted by Gasteiger charge is -2.22. The second kappa shape index (κ2) is 6.24. The molecule has 1 aliphatic carbocycles. The number of carbonyl (C=O) groups is 1. The van der Waals surface area contributed by atoms with Crippen LogP contribution in [0.15, 0.2) is 18.2 Å². The first-order valence-corrected chi connectivity index (χ1v) is 8.45. The van der Waals surface area contributed by atoms with Gasteiger partial charge < -0.3 is 10.1 Å². The first-order chi connectivity index (χ1) is 10.2. The molecule has 3 nitrogen and oxygen atoms in total. The van der Waals surface area contributed by atoms with E-state index in [1.807, 2.05) is 18.2 Å². The van der Waals surface area contributed by atoms with Crippen molar-refractivity contribution >= 4 is 38.9 Å². The van der Waals surface area contributed by atoms with Gasteiger partial charge in [-0.05, 0) is 31.0 Å². The predicted molar refractivity (Wildman–Crippen MR) is 87.7 cm³/mol. The number of thiophene rings is 1. The highest BCUT2D eigenvalue weighted by Gasteiger charge is 2.22. The minimum atomic E-state index is -0.0314. The molecule has 21 heavy (non-hydrogen) atoms. The molecular weight excluding hydrogens is 306 g/mol. The van der Waals surface area contributed by atoms with Gasteiger partial charge in [0.25, 0.3) is 5.91 Å². The summed E-state index contributed by atoms with van der Waals surface area (Å²) in [5, 5.41) is 4.70. The van der Waals surface area contributed by atoms with Crippen molar-refractivity contribution in [2.75, 3.05) is 7.11 Å². The van der Waals surface area contributed by atoms with E-state index in [2.05, 4.69) is 5.32 Å². The molecule has 0 aliphatic heterocycles. The van der Waals surface area contributed by atoms with Crippen LogP contribution in [0.5, 0.6) is 5.75 Å². The van der Waals surface area contributed by atoms with Crippen LogP contribution in [0, 0.1) is 0 Å². The molecule has 1 N–H and O–H groups in total. The van der Waals surface area contributed by atoms with Crippen LogP contribution in [0.1, 0.15) is 41.8 Å². The maximum Gasteiger partial charge on any atom is 0.265 e. The summed E-state index contributed by atoms with van der Waals surface area (Å²) in [6.45, 7) is 0. The molecule has 5 heteroatoms. The summed E-state index contributed by atoms with van der Waals surface area (Å²) in [5.41, 5.74) is 0. The largest absolute Gasteiger partial charge is 0.494 e. The SMILES string of the molecule is COc1c(C(=O)NC2CCCCC2)sc2ccc(Cl)cc12. The number of amides is 1. The Bertz CT molecular complexity index is 662. The quantitative estimate of drug-likeness (QED) is 0.894. The Labute approximate surface area is 133 Å². The van der Waals surface area contributed by atoms with Crippen LogP contribution in [-0.2, 0) is 0 Å². The smallest absolute Gasteiger partial charge is 0.265 e. The third-order valence-corrected chi connectivity index (χ3v) is 5.34. The van der Waals surface area contributed by atoms with E-state index >= 15 is 0 Å². The van der Waals surface area contributed by atoms with Crippen LogP contribution in [0.4, 0.5) is 0 Å². The summed E-state index contributed by atoms with van der Waals surface area (Å²) in [7, 11) is 1.60. The van der Waals surface area contributed by atoms with Gasteiger partial charge in [-0.2, -0.15) is 0 Å². The van der Waals surface area contributed by atoms with E-state index in [-0.39, 0.29) is 5.91 Å². The minimum absolute atomic E-state index is 0.0314. The van der Waals surface area contributed by atoms with Gasteiger partial charge in [0.15, 0.2) is 0 Å². The molecule has 1 heterocycles. The van der Waals surface area contributed by atoms with Crippen LogP contribution in [0.3, 0.4) is 0 Å². The highest BCUT2D eigenvalue weighted by Crippen LogP contribution is 2.39. The van der Waals surface area contributed by atoms with Gasteiger partial charge in [-0.15, -0.1) is 11.3 Å². The van der Waals surface area contributed by atoms with Gasteiger partial charge in [-0.25, -0.2) is 0 Å². The number of benzene rings is 1. The number of carbonyl (C=O) groups excluding carboxylic acids is 1. The molecular formula is C16H18ClNO2S. The summed E-state index contributed by atoms with van der Waals surface area (Å²) >= 11 is 7.50. The third-order valence-electron chi connectivity index (χ3n) is 3.96. The number of ether oxygens (including phenoxy) is 1. The average Bonchev–Trinajstić information content (AvgIpc) is 2.86. The zero-order valence-electron chi connectivity index (χ0n) is 11.9. The van der Waals surface area contributed by atoms with Crippen LogP contribution in [-0.4, -0.2) is 19.1 Å². The summed E-state index contributed by atoms with van der Waals surface area (Å²) in [6.07, 6.45) is 5.82. The monoisotopic (exact) mass is 323 g/mol. The molecule has 1 aromatic heterocycles. The zero-order valence-corrected chi connectivity index (χ0v) is 13.5. The lowest BCUT2D eigenvalue weighted by atomic mass is 9.95. The lowest BCUT2D eigenvalue weighted by molar-refractivity contribution is 0.0929. The molecule has 0 saturated heterocycles. The number of hydrogen-bond donors (Lipinski definition) is 1. The maximum absolute atomic E-state index is 12.5. The first-order valence-electron chi connectivity index (χ1n) is 7.26. The van der Waals surface area contributed by atoms with Gasteiger partial charge in [0, 0.05) is 21.2 Å². The maximum atomic E-state index is 12.5. The van der Waals surface area contributed by atoms with E-state index in [9.17, 15) is 4.79 Å². The van der Waals surface area contributed by atoms with Crippen LogP contribution in [0.2, 0.25) is 5.02 Å². The standard InChI is InChI=1S/C16H18ClNO2S/c1-20-14-12-9-10(17)7-8-13(12)21-15(14)16(19)18-11-5-3-2-4-6-11/h7-9,11H,2-6H2,1H3,(H,18,19). The van der Waals surface area contributed by atoms with Gasteiger partial charge >= 0.3 is 0 Å². The molecule has 1 aromatic carbocycles. The lowest BCUT2D eigenvalue weighted by Crippen LogP contribution is -2.35. The summed E-state index contributed by atoms with van der Waals surface area (Å²) in [6, 6.07) is 5.92. The van der Waals surface area contributed by atoms with Gasteiger partial charge in [0.1, 0.15) is 10.6 Å². The van der Waals surface area contributed by atoms with E-state index in [1.54, 1.807) is 7.11 Å². The molecule has 0 unspecified atom stereocenters. The summed E-state index contributed by atoms with van der Waals surface area (Å²) in [4.78, 5) is 13.2. The van der Waals surface area contributed by atoms with Crippen molar-refractivity contribution in [1.82, 2.24) is 5.32 Å². The fraction of sp³-hybridized carbons (Fsp3) is 0.438. The van der Waals surface area contributed by atoms with Crippen LogP contribution in [0.25, 0.3) is 10.1 Å². The van der Waals surface area contributed by atoms with Crippen LogP contribution < -0.4 is 10.1 Å². The topological polar surface area (TPSA) is 38.3 Å². The number of fused-ring (bicyclic) bond motifs is 1. The van der Waals surface area contributed by atoms with Crippen molar-refractivity contribution in [3.63, 3.8) is 0 Å². The molecule has 1 aliphatic rings. The highest BCUT2D eigenvalue weighted by atomic mass is 35.5. The molecule has 1 amide bonds. The Morgan fingerprint density at radius 1 is 1.33 bits per heavy atom. The van der Waals surface area contributed by atoms with E-state index in [0.29, 0.717) is 21.7 Å². The van der Waals surface area contributed by atoms with Crippen molar-refractivity contribution in [3.8, 4) is 5.75 Å². The number of methoxy groups -OCH3 is 1. The first kappa shape index (κ1) is 14.7. The molecule has 0 spiro atoms. The summed E-state index contributed by atoms with van der Waals surface area (Å²) < 4.78 is 6.47. The fourth-order valence-corrected chi connectivity index (χ4v) is 4.12. The molecule has 3 rings (SSSR count). The van der Waals surface area contributed by atoms with Crippen molar-refractivity contribution < 1.29 is 9.53 Å². The Morgan fingerprint density at radius 2 is 2.10 bits per heavy atom. The van der Waals surface area contributed by atoms with Gasteiger partial charge in [0.05, 0.1) is 7.11 Å². The van der Waals surface area contributed by atoms with Crippen molar-refractivity contribution in [3.05, 3.63) is 28.1 Å². The second-order valence-corrected chi connectivity index (χ2v) is 6.90. The van der Waals surface area contributed by atoms with E-state index in [1.165, 1.54) is 30.6 Å². The Morgan fingerprint density at radius 3 is 2.81 bits per heavy atom. The van der Waals surface area contributed by atoms with Crippen molar-refractivity contribution in [2.24, 2.45) is 0 Å². The van der Waals surface area contributed by atoms with Gasteiger partial charge in [-0.1, -0.05) is 30.9 Å². The van der Waals surface area contributed by atoms with Crippen molar-refractivity contribution in [2.45, 2.75) is 38.1 Å². The molecule has 0 atom stereocenters. The molecule has 0 bridgehead atoms.